The molecule has 1 aliphatic heterocycles. The Bertz CT molecular complexity index is 165. The molecule has 3 unspecified atom stereocenters. The van der Waals surface area contributed by atoms with Crippen molar-refractivity contribution in [2.75, 3.05) is 26.7 Å². The summed E-state index contributed by atoms with van der Waals surface area (Å²) in [5.41, 5.74) is 0. The maximum absolute atomic E-state index is 5.71. The first-order valence-corrected chi connectivity index (χ1v) is 6.17. The second kappa shape index (κ2) is 6.46. The van der Waals surface area contributed by atoms with Crippen LogP contribution in [0.2, 0.25) is 0 Å². The number of morpholine rings is 1. The van der Waals surface area contributed by atoms with E-state index in [4.69, 9.17) is 4.74 Å². The zero-order chi connectivity index (χ0) is 11.3. The van der Waals surface area contributed by atoms with Gasteiger partial charge in [-0.3, -0.25) is 4.90 Å². The standard InChI is InChI=1S/C12H26N2O/c1-10(13-4)6-5-7-14-8-11(2)15-12(3)9-14/h10-13H,5-9H2,1-4H3. The van der Waals surface area contributed by atoms with Crippen molar-refractivity contribution in [3.63, 3.8) is 0 Å². The Morgan fingerprint density at radius 1 is 1.33 bits per heavy atom. The van der Waals surface area contributed by atoms with Gasteiger partial charge in [-0.2, -0.15) is 0 Å². The summed E-state index contributed by atoms with van der Waals surface area (Å²) in [6.07, 6.45) is 3.34. The summed E-state index contributed by atoms with van der Waals surface area (Å²) in [7, 11) is 2.03. The fourth-order valence-electron chi connectivity index (χ4n) is 2.23. The van der Waals surface area contributed by atoms with Crippen molar-refractivity contribution in [2.24, 2.45) is 0 Å². The van der Waals surface area contributed by atoms with Crippen molar-refractivity contribution >= 4 is 0 Å². The highest BCUT2D eigenvalue weighted by atomic mass is 16.5. The Balaban J connectivity index is 2.15. The molecule has 1 rings (SSSR count). The minimum atomic E-state index is 0.399. The Labute approximate surface area is 94.2 Å². The molecule has 1 heterocycles. The summed E-state index contributed by atoms with van der Waals surface area (Å²) in [5, 5.41) is 3.28. The molecule has 1 N–H and O–H groups in total. The highest BCUT2D eigenvalue weighted by Gasteiger charge is 2.21. The van der Waals surface area contributed by atoms with Crippen LogP contribution in [0.15, 0.2) is 0 Å². The fraction of sp³-hybridized carbons (Fsp3) is 1.00. The molecular formula is C12H26N2O. The normalized spacial score (nSPS) is 30.4. The molecular weight excluding hydrogens is 188 g/mol. The average molecular weight is 214 g/mol. The van der Waals surface area contributed by atoms with Gasteiger partial charge in [0.2, 0.25) is 0 Å². The Morgan fingerprint density at radius 2 is 1.93 bits per heavy atom. The van der Waals surface area contributed by atoms with E-state index >= 15 is 0 Å². The van der Waals surface area contributed by atoms with Crippen molar-refractivity contribution < 1.29 is 4.74 Å². The van der Waals surface area contributed by atoms with E-state index in [1.165, 1.54) is 19.4 Å². The van der Waals surface area contributed by atoms with Gasteiger partial charge >= 0.3 is 0 Å². The van der Waals surface area contributed by atoms with Crippen molar-refractivity contribution in [1.29, 1.82) is 0 Å². The van der Waals surface area contributed by atoms with E-state index in [9.17, 15) is 0 Å². The van der Waals surface area contributed by atoms with Crippen LogP contribution in [0.1, 0.15) is 33.6 Å². The molecule has 3 atom stereocenters. The van der Waals surface area contributed by atoms with Gasteiger partial charge in [0.05, 0.1) is 12.2 Å². The van der Waals surface area contributed by atoms with Gasteiger partial charge in [0, 0.05) is 19.1 Å². The molecule has 0 aromatic heterocycles. The molecule has 1 saturated heterocycles. The molecule has 0 saturated carbocycles. The van der Waals surface area contributed by atoms with E-state index < -0.39 is 0 Å². The van der Waals surface area contributed by atoms with E-state index in [-0.39, 0.29) is 0 Å². The lowest BCUT2D eigenvalue weighted by Gasteiger charge is -2.35. The number of hydrogen-bond acceptors (Lipinski definition) is 3. The molecule has 15 heavy (non-hydrogen) atoms. The van der Waals surface area contributed by atoms with Crippen molar-refractivity contribution in [3.05, 3.63) is 0 Å². The zero-order valence-electron chi connectivity index (χ0n) is 10.6. The molecule has 0 spiro atoms. The predicted molar refractivity (Wildman–Crippen MR) is 64.2 cm³/mol. The molecule has 0 aromatic carbocycles. The van der Waals surface area contributed by atoms with E-state index in [0.717, 1.165) is 13.1 Å². The van der Waals surface area contributed by atoms with Crippen LogP contribution in [0.3, 0.4) is 0 Å². The van der Waals surface area contributed by atoms with Crippen LogP contribution in [0.5, 0.6) is 0 Å². The molecule has 3 nitrogen and oxygen atoms in total. The highest BCUT2D eigenvalue weighted by Crippen LogP contribution is 2.11. The van der Waals surface area contributed by atoms with Gasteiger partial charge in [0.1, 0.15) is 0 Å². The van der Waals surface area contributed by atoms with Gasteiger partial charge in [-0.15, -0.1) is 0 Å². The average Bonchev–Trinajstić information content (AvgIpc) is 2.16. The second-order valence-corrected chi connectivity index (χ2v) is 4.85. The van der Waals surface area contributed by atoms with Gasteiger partial charge in [0.15, 0.2) is 0 Å². The summed E-state index contributed by atoms with van der Waals surface area (Å²) in [6.45, 7) is 9.98. The summed E-state index contributed by atoms with van der Waals surface area (Å²) in [6, 6.07) is 0.640. The van der Waals surface area contributed by atoms with Crippen molar-refractivity contribution in [1.82, 2.24) is 10.2 Å². The van der Waals surface area contributed by atoms with Gasteiger partial charge < -0.3 is 10.1 Å². The zero-order valence-corrected chi connectivity index (χ0v) is 10.6. The largest absolute Gasteiger partial charge is 0.373 e. The molecule has 1 aliphatic rings. The Morgan fingerprint density at radius 3 is 2.47 bits per heavy atom. The third-order valence-electron chi connectivity index (χ3n) is 3.10. The molecule has 0 radical (unpaired) electrons. The van der Waals surface area contributed by atoms with Crippen LogP contribution in [-0.2, 0) is 4.74 Å². The second-order valence-electron chi connectivity index (χ2n) is 4.85. The summed E-state index contributed by atoms with van der Waals surface area (Å²) < 4.78 is 5.71. The maximum atomic E-state index is 5.71. The molecule has 0 bridgehead atoms. The third kappa shape index (κ3) is 4.96. The lowest BCUT2D eigenvalue weighted by molar-refractivity contribution is -0.0682. The van der Waals surface area contributed by atoms with Crippen LogP contribution in [0, 0.1) is 0 Å². The highest BCUT2D eigenvalue weighted by molar-refractivity contribution is 4.73. The maximum Gasteiger partial charge on any atom is 0.0678 e. The van der Waals surface area contributed by atoms with Gasteiger partial charge in [-0.25, -0.2) is 0 Å². The Hall–Kier alpha value is -0.120. The topological polar surface area (TPSA) is 24.5 Å². The van der Waals surface area contributed by atoms with Crippen LogP contribution in [0.4, 0.5) is 0 Å². The minimum Gasteiger partial charge on any atom is -0.373 e. The summed E-state index contributed by atoms with van der Waals surface area (Å²) >= 11 is 0. The monoisotopic (exact) mass is 214 g/mol. The fourth-order valence-corrected chi connectivity index (χ4v) is 2.23. The smallest absolute Gasteiger partial charge is 0.0678 e. The van der Waals surface area contributed by atoms with E-state index in [1.807, 2.05) is 7.05 Å². The third-order valence-corrected chi connectivity index (χ3v) is 3.10. The molecule has 90 valence electrons. The molecule has 0 aromatic rings. The van der Waals surface area contributed by atoms with Gasteiger partial charge in [-0.05, 0) is 47.2 Å². The molecule has 0 amide bonds. The van der Waals surface area contributed by atoms with Crippen LogP contribution in [0.25, 0.3) is 0 Å². The van der Waals surface area contributed by atoms with E-state index in [2.05, 4.69) is 31.0 Å². The number of hydrogen-bond donors (Lipinski definition) is 1. The van der Waals surface area contributed by atoms with Crippen LogP contribution in [-0.4, -0.2) is 49.8 Å². The quantitative estimate of drug-likeness (QED) is 0.750. The predicted octanol–water partition coefficient (Wildman–Crippen LogP) is 1.48. The lowest BCUT2D eigenvalue weighted by Crippen LogP contribution is -2.45. The number of nitrogens with one attached hydrogen (secondary N) is 1. The van der Waals surface area contributed by atoms with Crippen molar-refractivity contribution in [3.8, 4) is 0 Å². The van der Waals surface area contributed by atoms with E-state index in [1.54, 1.807) is 0 Å². The summed E-state index contributed by atoms with van der Waals surface area (Å²) in [5.74, 6) is 0. The summed E-state index contributed by atoms with van der Waals surface area (Å²) in [4.78, 5) is 2.53. The SMILES string of the molecule is CNC(C)CCCN1CC(C)OC(C)C1. The van der Waals surface area contributed by atoms with Crippen molar-refractivity contribution in [2.45, 2.75) is 51.9 Å². The lowest BCUT2D eigenvalue weighted by atomic mass is 10.1. The Kier molecular flexibility index (Phi) is 5.58. The molecule has 3 heteroatoms. The minimum absolute atomic E-state index is 0.399. The number of rotatable bonds is 5. The molecule has 0 aliphatic carbocycles. The van der Waals surface area contributed by atoms with E-state index in [0.29, 0.717) is 18.2 Å². The van der Waals surface area contributed by atoms with Crippen LogP contribution < -0.4 is 5.32 Å². The molecule has 1 fully saturated rings. The first-order chi connectivity index (χ1) is 7.11. The number of ether oxygens (including phenoxy) is 1. The van der Waals surface area contributed by atoms with Crippen LogP contribution >= 0.6 is 0 Å². The van der Waals surface area contributed by atoms with Gasteiger partial charge in [0.25, 0.3) is 0 Å². The first kappa shape index (κ1) is 12.9. The van der Waals surface area contributed by atoms with Gasteiger partial charge in [-0.1, -0.05) is 0 Å². The number of nitrogens with zero attached hydrogens (tertiary/aromatic N) is 1. The first-order valence-electron chi connectivity index (χ1n) is 6.17.